The number of carbonyl (C=O) groups excluding carboxylic acids is 1. The zero-order chi connectivity index (χ0) is 15.2. The molecular formula is C17H19NO2S. The number of likely N-dealkylation sites (N-methyl/N-ethyl adjacent to an activating group) is 1. The van der Waals surface area contributed by atoms with Gasteiger partial charge >= 0.3 is 0 Å². The van der Waals surface area contributed by atoms with E-state index < -0.39 is 0 Å². The third kappa shape index (κ3) is 4.02. The van der Waals surface area contributed by atoms with Crippen LogP contribution in [0.1, 0.15) is 10.8 Å². The van der Waals surface area contributed by atoms with E-state index in [0.717, 1.165) is 16.2 Å². The van der Waals surface area contributed by atoms with Crippen molar-refractivity contribution in [2.24, 2.45) is 0 Å². The van der Waals surface area contributed by atoms with Gasteiger partial charge in [-0.15, -0.1) is 11.8 Å². The minimum Gasteiger partial charge on any atom is -0.497 e. The van der Waals surface area contributed by atoms with Crippen molar-refractivity contribution in [1.82, 2.24) is 4.90 Å². The minimum absolute atomic E-state index is 0.0852. The van der Waals surface area contributed by atoms with Crippen molar-refractivity contribution in [3.8, 4) is 5.75 Å². The second-order valence-corrected chi connectivity index (χ2v) is 6.00. The van der Waals surface area contributed by atoms with Crippen LogP contribution < -0.4 is 4.74 Å². The first-order valence-electron chi connectivity index (χ1n) is 6.68. The fourth-order valence-corrected chi connectivity index (χ4v) is 3.08. The Kier molecular flexibility index (Phi) is 5.28. The van der Waals surface area contributed by atoms with Gasteiger partial charge in [0.2, 0.25) is 5.91 Å². The minimum atomic E-state index is -0.241. The zero-order valence-electron chi connectivity index (χ0n) is 12.4. The Morgan fingerprint density at radius 2 is 1.67 bits per heavy atom. The first kappa shape index (κ1) is 15.4. The van der Waals surface area contributed by atoms with Gasteiger partial charge in [0.15, 0.2) is 0 Å². The monoisotopic (exact) mass is 301 g/mol. The molecule has 0 bridgehead atoms. The number of ether oxygens (including phenoxy) is 1. The van der Waals surface area contributed by atoms with Gasteiger partial charge < -0.3 is 9.64 Å². The highest BCUT2D eigenvalue weighted by atomic mass is 32.2. The molecule has 2 rings (SSSR count). The molecule has 0 saturated heterocycles. The lowest BCUT2D eigenvalue weighted by molar-refractivity contribution is -0.128. The fourth-order valence-electron chi connectivity index (χ4n) is 1.91. The summed E-state index contributed by atoms with van der Waals surface area (Å²) >= 11 is 1.55. The molecule has 3 nitrogen and oxygen atoms in total. The highest BCUT2D eigenvalue weighted by Gasteiger charge is 2.23. The van der Waals surface area contributed by atoms with Crippen LogP contribution in [0.5, 0.6) is 5.75 Å². The Morgan fingerprint density at radius 3 is 2.19 bits per heavy atom. The lowest BCUT2D eigenvalue weighted by Gasteiger charge is -2.20. The van der Waals surface area contributed by atoms with Gasteiger partial charge in [-0.25, -0.2) is 0 Å². The normalized spacial score (nSPS) is 11.8. The van der Waals surface area contributed by atoms with E-state index in [2.05, 4.69) is 0 Å². The van der Waals surface area contributed by atoms with Gasteiger partial charge in [-0.3, -0.25) is 4.79 Å². The number of rotatable bonds is 5. The highest BCUT2D eigenvalue weighted by Crippen LogP contribution is 2.36. The van der Waals surface area contributed by atoms with Crippen LogP contribution in [-0.4, -0.2) is 32.0 Å². The van der Waals surface area contributed by atoms with Crippen molar-refractivity contribution >= 4 is 17.7 Å². The largest absolute Gasteiger partial charge is 0.497 e. The lowest BCUT2D eigenvalue weighted by Crippen LogP contribution is -2.26. The summed E-state index contributed by atoms with van der Waals surface area (Å²) in [6.07, 6.45) is 0. The Hall–Kier alpha value is -1.94. The average molecular weight is 301 g/mol. The molecule has 0 spiro atoms. The summed E-state index contributed by atoms with van der Waals surface area (Å²) in [5, 5.41) is -0.241. The molecule has 1 unspecified atom stereocenters. The summed E-state index contributed by atoms with van der Waals surface area (Å²) < 4.78 is 5.16. The molecular weight excluding hydrogens is 282 g/mol. The van der Waals surface area contributed by atoms with Gasteiger partial charge in [0, 0.05) is 19.0 Å². The number of carbonyl (C=O) groups is 1. The summed E-state index contributed by atoms with van der Waals surface area (Å²) in [6.45, 7) is 0. The molecule has 0 aliphatic carbocycles. The van der Waals surface area contributed by atoms with Crippen LogP contribution in [0.3, 0.4) is 0 Å². The van der Waals surface area contributed by atoms with Crippen LogP contribution in [0.25, 0.3) is 0 Å². The predicted molar refractivity (Wildman–Crippen MR) is 86.7 cm³/mol. The first-order chi connectivity index (χ1) is 10.1. The predicted octanol–water partition coefficient (Wildman–Crippen LogP) is 3.62. The number of methoxy groups -OCH3 is 1. The smallest absolute Gasteiger partial charge is 0.240 e. The molecule has 0 aliphatic rings. The second kappa shape index (κ2) is 7.18. The van der Waals surface area contributed by atoms with E-state index in [1.807, 2.05) is 54.6 Å². The molecule has 21 heavy (non-hydrogen) atoms. The van der Waals surface area contributed by atoms with E-state index in [1.165, 1.54) is 0 Å². The summed E-state index contributed by atoms with van der Waals surface area (Å²) in [7, 11) is 5.21. The molecule has 4 heteroatoms. The van der Waals surface area contributed by atoms with Crippen LogP contribution in [0.2, 0.25) is 0 Å². The topological polar surface area (TPSA) is 29.5 Å². The van der Waals surface area contributed by atoms with Gasteiger partial charge in [0.25, 0.3) is 0 Å². The summed E-state index contributed by atoms with van der Waals surface area (Å²) in [6, 6.07) is 17.6. The van der Waals surface area contributed by atoms with Crippen LogP contribution in [0.15, 0.2) is 59.5 Å². The van der Waals surface area contributed by atoms with E-state index in [4.69, 9.17) is 4.74 Å². The Balaban J connectivity index is 2.25. The zero-order valence-corrected chi connectivity index (χ0v) is 13.3. The van der Waals surface area contributed by atoms with Gasteiger partial charge in [0.1, 0.15) is 11.0 Å². The maximum atomic E-state index is 12.5. The number of amides is 1. The number of nitrogens with zero attached hydrogens (tertiary/aromatic N) is 1. The molecule has 0 aliphatic heterocycles. The lowest BCUT2D eigenvalue weighted by atomic mass is 10.1. The molecule has 2 aromatic carbocycles. The molecule has 1 amide bonds. The van der Waals surface area contributed by atoms with Crippen LogP contribution in [0.4, 0.5) is 0 Å². The fraction of sp³-hybridized carbons (Fsp3) is 0.235. The summed E-state index contributed by atoms with van der Waals surface area (Å²) in [4.78, 5) is 15.1. The molecule has 110 valence electrons. The van der Waals surface area contributed by atoms with Crippen LogP contribution >= 0.6 is 11.8 Å². The van der Waals surface area contributed by atoms with Gasteiger partial charge in [-0.05, 0) is 29.8 Å². The van der Waals surface area contributed by atoms with E-state index in [1.54, 1.807) is 37.9 Å². The standard InChI is InChI=1S/C17H19NO2S/c1-18(2)17(19)16(13-7-5-4-6-8-13)21-15-11-9-14(20-3)10-12-15/h4-12,16H,1-3H3. The molecule has 0 saturated carbocycles. The van der Waals surface area contributed by atoms with Crippen molar-refractivity contribution in [2.75, 3.05) is 21.2 Å². The van der Waals surface area contributed by atoms with E-state index in [-0.39, 0.29) is 11.2 Å². The summed E-state index contributed by atoms with van der Waals surface area (Å²) in [5.74, 6) is 0.900. The van der Waals surface area contributed by atoms with E-state index >= 15 is 0 Å². The molecule has 0 fully saturated rings. The van der Waals surface area contributed by atoms with Crippen molar-refractivity contribution in [1.29, 1.82) is 0 Å². The van der Waals surface area contributed by atoms with Gasteiger partial charge in [0.05, 0.1) is 7.11 Å². The Labute approximate surface area is 129 Å². The number of thioether (sulfide) groups is 1. The van der Waals surface area contributed by atoms with E-state index in [9.17, 15) is 4.79 Å². The van der Waals surface area contributed by atoms with Gasteiger partial charge in [-0.1, -0.05) is 30.3 Å². The molecule has 0 aromatic heterocycles. The summed E-state index contributed by atoms with van der Waals surface area (Å²) in [5.41, 5.74) is 1.01. The third-order valence-corrected chi connectivity index (χ3v) is 4.33. The number of benzene rings is 2. The average Bonchev–Trinajstić information content (AvgIpc) is 2.53. The molecule has 0 N–H and O–H groups in total. The number of hydrogen-bond donors (Lipinski definition) is 0. The van der Waals surface area contributed by atoms with Crippen molar-refractivity contribution in [3.63, 3.8) is 0 Å². The molecule has 0 heterocycles. The van der Waals surface area contributed by atoms with Crippen LogP contribution in [0, 0.1) is 0 Å². The quantitative estimate of drug-likeness (QED) is 0.790. The third-order valence-electron chi connectivity index (χ3n) is 3.08. The number of hydrogen-bond acceptors (Lipinski definition) is 3. The van der Waals surface area contributed by atoms with Crippen molar-refractivity contribution < 1.29 is 9.53 Å². The van der Waals surface area contributed by atoms with Crippen molar-refractivity contribution in [2.45, 2.75) is 10.1 Å². The first-order valence-corrected chi connectivity index (χ1v) is 7.56. The SMILES string of the molecule is COc1ccc(SC(C(=O)N(C)C)c2ccccc2)cc1. The second-order valence-electron chi connectivity index (χ2n) is 4.82. The molecule has 0 radical (unpaired) electrons. The Bertz CT molecular complexity index is 581. The highest BCUT2D eigenvalue weighted by molar-refractivity contribution is 8.00. The maximum Gasteiger partial charge on any atom is 0.240 e. The van der Waals surface area contributed by atoms with E-state index in [0.29, 0.717) is 0 Å². The van der Waals surface area contributed by atoms with Crippen molar-refractivity contribution in [3.05, 3.63) is 60.2 Å². The molecule has 2 aromatic rings. The Morgan fingerprint density at radius 1 is 1.05 bits per heavy atom. The molecule has 1 atom stereocenters. The van der Waals surface area contributed by atoms with Gasteiger partial charge in [-0.2, -0.15) is 0 Å². The van der Waals surface area contributed by atoms with Crippen LogP contribution in [-0.2, 0) is 4.79 Å². The maximum absolute atomic E-state index is 12.5.